The Hall–Kier alpha value is -2.64. The number of ether oxygens (including phenoxy) is 1. The van der Waals surface area contributed by atoms with E-state index in [1.54, 1.807) is 24.3 Å². The summed E-state index contributed by atoms with van der Waals surface area (Å²) in [4.78, 5) is 21.4. The van der Waals surface area contributed by atoms with Crippen LogP contribution in [0.25, 0.3) is 11.1 Å². The summed E-state index contributed by atoms with van der Waals surface area (Å²) in [5, 5.41) is 0.527. The van der Waals surface area contributed by atoms with Crippen molar-refractivity contribution in [1.82, 2.24) is 14.8 Å². The highest BCUT2D eigenvalue weighted by atomic mass is 35.5. The Labute approximate surface area is 172 Å². The van der Waals surface area contributed by atoms with Gasteiger partial charge in [-0.1, -0.05) is 11.6 Å². The monoisotopic (exact) mass is 417 g/mol. The zero-order chi connectivity index (χ0) is 20.4. The van der Waals surface area contributed by atoms with Crippen LogP contribution in [0.15, 0.2) is 40.8 Å². The lowest BCUT2D eigenvalue weighted by atomic mass is 10.1. The van der Waals surface area contributed by atoms with E-state index in [2.05, 4.69) is 9.88 Å². The van der Waals surface area contributed by atoms with Crippen molar-refractivity contribution in [2.75, 3.05) is 33.3 Å². The SMILES string of the molecule is COc1cc(Cl)ccc1C(=O)N1CCCN(Cc2nc3ccc(F)cc3o2)CC1. The van der Waals surface area contributed by atoms with Gasteiger partial charge in [-0.15, -0.1) is 0 Å². The van der Waals surface area contributed by atoms with Crippen molar-refractivity contribution in [1.29, 1.82) is 0 Å². The molecule has 1 saturated heterocycles. The van der Waals surface area contributed by atoms with Gasteiger partial charge >= 0.3 is 0 Å². The predicted molar refractivity (Wildman–Crippen MR) is 108 cm³/mol. The normalized spacial score (nSPS) is 15.5. The highest BCUT2D eigenvalue weighted by Crippen LogP contribution is 2.25. The largest absolute Gasteiger partial charge is 0.496 e. The van der Waals surface area contributed by atoms with E-state index >= 15 is 0 Å². The van der Waals surface area contributed by atoms with Crippen LogP contribution >= 0.6 is 11.6 Å². The number of hydrogen-bond donors (Lipinski definition) is 0. The molecule has 29 heavy (non-hydrogen) atoms. The summed E-state index contributed by atoms with van der Waals surface area (Å²) in [6.45, 7) is 3.26. The Bertz CT molecular complexity index is 1040. The smallest absolute Gasteiger partial charge is 0.257 e. The van der Waals surface area contributed by atoms with Gasteiger partial charge in [0.05, 0.1) is 19.2 Å². The van der Waals surface area contributed by atoms with Crippen LogP contribution in [0.1, 0.15) is 22.7 Å². The fraction of sp³-hybridized carbons (Fsp3) is 0.333. The molecular formula is C21H21ClFN3O3. The van der Waals surface area contributed by atoms with Crippen LogP contribution in [-0.2, 0) is 6.54 Å². The van der Waals surface area contributed by atoms with Gasteiger partial charge in [0.25, 0.3) is 5.91 Å². The van der Waals surface area contributed by atoms with Gasteiger partial charge in [-0.05, 0) is 36.8 Å². The fourth-order valence-electron chi connectivity index (χ4n) is 3.55. The third-order valence-electron chi connectivity index (χ3n) is 5.02. The molecule has 1 aliphatic heterocycles. The van der Waals surface area contributed by atoms with Gasteiger partial charge in [-0.25, -0.2) is 9.37 Å². The molecule has 2 heterocycles. The Morgan fingerprint density at radius 1 is 1.21 bits per heavy atom. The number of aromatic nitrogens is 1. The molecule has 8 heteroatoms. The number of halogens is 2. The zero-order valence-corrected chi connectivity index (χ0v) is 16.8. The number of rotatable bonds is 4. The number of nitrogens with zero attached hydrogens (tertiary/aromatic N) is 3. The molecule has 1 fully saturated rings. The van der Waals surface area contributed by atoms with E-state index in [1.165, 1.54) is 19.2 Å². The van der Waals surface area contributed by atoms with E-state index in [9.17, 15) is 9.18 Å². The van der Waals surface area contributed by atoms with Crippen molar-refractivity contribution in [3.8, 4) is 5.75 Å². The van der Waals surface area contributed by atoms with Gasteiger partial charge in [0.2, 0.25) is 5.89 Å². The lowest BCUT2D eigenvalue weighted by Gasteiger charge is -2.22. The first-order valence-corrected chi connectivity index (χ1v) is 9.81. The minimum Gasteiger partial charge on any atom is -0.496 e. The number of benzene rings is 2. The van der Waals surface area contributed by atoms with E-state index in [0.717, 1.165) is 13.0 Å². The average molecular weight is 418 g/mol. The molecule has 1 aliphatic rings. The van der Waals surface area contributed by atoms with E-state index in [0.29, 0.717) is 59.5 Å². The molecule has 152 valence electrons. The molecule has 1 amide bonds. The highest BCUT2D eigenvalue weighted by Gasteiger charge is 2.23. The molecular weight excluding hydrogens is 397 g/mol. The molecule has 6 nitrogen and oxygen atoms in total. The molecule has 0 unspecified atom stereocenters. The highest BCUT2D eigenvalue weighted by molar-refractivity contribution is 6.30. The van der Waals surface area contributed by atoms with Crippen molar-refractivity contribution in [3.63, 3.8) is 0 Å². The van der Waals surface area contributed by atoms with Crippen LogP contribution in [0.4, 0.5) is 4.39 Å². The maximum atomic E-state index is 13.3. The second-order valence-electron chi connectivity index (χ2n) is 6.99. The van der Waals surface area contributed by atoms with Crippen molar-refractivity contribution >= 4 is 28.6 Å². The van der Waals surface area contributed by atoms with Crippen LogP contribution in [0, 0.1) is 5.82 Å². The van der Waals surface area contributed by atoms with Gasteiger partial charge in [-0.3, -0.25) is 9.69 Å². The van der Waals surface area contributed by atoms with Gasteiger partial charge in [0.1, 0.15) is 17.1 Å². The van der Waals surface area contributed by atoms with Gasteiger partial charge in [0, 0.05) is 37.3 Å². The molecule has 0 bridgehead atoms. The summed E-state index contributed by atoms with van der Waals surface area (Å²) in [7, 11) is 1.53. The van der Waals surface area contributed by atoms with E-state index in [4.69, 9.17) is 20.8 Å². The van der Waals surface area contributed by atoms with Gasteiger partial charge in [-0.2, -0.15) is 0 Å². The van der Waals surface area contributed by atoms with Crippen LogP contribution in [-0.4, -0.2) is 54.0 Å². The van der Waals surface area contributed by atoms with Gasteiger partial charge < -0.3 is 14.1 Å². The van der Waals surface area contributed by atoms with E-state index < -0.39 is 0 Å². The van der Waals surface area contributed by atoms with Crippen LogP contribution < -0.4 is 4.74 Å². The van der Waals surface area contributed by atoms with Crippen LogP contribution in [0.2, 0.25) is 5.02 Å². The maximum Gasteiger partial charge on any atom is 0.257 e. The summed E-state index contributed by atoms with van der Waals surface area (Å²) in [5.41, 5.74) is 1.59. The van der Waals surface area contributed by atoms with E-state index in [-0.39, 0.29) is 11.7 Å². The Morgan fingerprint density at radius 2 is 2.07 bits per heavy atom. The zero-order valence-electron chi connectivity index (χ0n) is 16.0. The van der Waals surface area contributed by atoms with Crippen molar-refractivity contribution < 1.29 is 18.3 Å². The van der Waals surface area contributed by atoms with E-state index in [1.807, 2.05) is 4.90 Å². The minimum absolute atomic E-state index is 0.0716. The lowest BCUT2D eigenvalue weighted by Crippen LogP contribution is -2.35. The molecule has 0 atom stereocenters. The van der Waals surface area contributed by atoms with Gasteiger partial charge in [0.15, 0.2) is 5.58 Å². The number of fused-ring (bicyclic) bond motifs is 1. The van der Waals surface area contributed by atoms with Crippen molar-refractivity contribution in [2.45, 2.75) is 13.0 Å². The summed E-state index contributed by atoms with van der Waals surface area (Å²) >= 11 is 6.00. The number of amides is 1. The average Bonchev–Trinajstić information content (AvgIpc) is 2.95. The Balaban J connectivity index is 1.43. The summed E-state index contributed by atoms with van der Waals surface area (Å²) in [5.74, 6) is 0.603. The van der Waals surface area contributed by atoms with Crippen molar-refractivity contribution in [2.24, 2.45) is 0 Å². The summed E-state index contributed by atoms with van der Waals surface area (Å²) in [6, 6.07) is 9.36. The fourth-order valence-corrected chi connectivity index (χ4v) is 3.71. The number of carbonyl (C=O) groups excluding carboxylic acids is 1. The molecule has 2 aromatic carbocycles. The minimum atomic E-state index is -0.346. The predicted octanol–water partition coefficient (Wildman–Crippen LogP) is 3.98. The summed E-state index contributed by atoms with van der Waals surface area (Å²) in [6.07, 6.45) is 0.830. The third kappa shape index (κ3) is 4.36. The molecule has 0 radical (unpaired) electrons. The van der Waals surface area contributed by atoms with Crippen molar-refractivity contribution in [3.05, 3.63) is 58.7 Å². The number of hydrogen-bond acceptors (Lipinski definition) is 5. The number of carbonyl (C=O) groups is 1. The van der Waals surface area contributed by atoms with Crippen LogP contribution in [0.5, 0.6) is 5.75 Å². The molecule has 3 aromatic rings. The standard InChI is InChI=1S/C21H21ClFN3O3/c1-28-18-11-14(22)3-5-16(18)21(27)26-8-2-7-25(9-10-26)13-20-24-17-6-4-15(23)12-19(17)29-20/h3-6,11-12H,2,7-10,13H2,1H3. The first kappa shape index (κ1) is 19.7. The second kappa shape index (κ2) is 8.39. The number of methoxy groups -OCH3 is 1. The third-order valence-corrected chi connectivity index (χ3v) is 5.26. The lowest BCUT2D eigenvalue weighted by molar-refractivity contribution is 0.0757. The first-order chi connectivity index (χ1) is 14.0. The molecule has 0 aliphatic carbocycles. The molecule has 0 N–H and O–H groups in total. The molecule has 0 saturated carbocycles. The topological polar surface area (TPSA) is 58.8 Å². The summed E-state index contributed by atoms with van der Waals surface area (Å²) < 4.78 is 24.3. The second-order valence-corrected chi connectivity index (χ2v) is 7.42. The Kier molecular flexibility index (Phi) is 5.69. The number of oxazole rings is 1. The molecule has 0 spiro atoms. The molecule has 1 aromatic heterocycles. The van der Waals surface area contributed by atoms with Crippen LogP contribution in [0.3, 0.4) is 0 Å². The quantitative estimate of drug-likeness (QED) is 0.642. The first-order valence-electron chi connectivity index (χ1n) is 9.43. The Morgan fingerprint density at radius 3 is 2.90 bits per heavy atom. The maximum absolute atomic E-state index is 13.3. The molecule has 4 rings (SSSR count).